The number of nitrogens with two attached hydrogens (primary N) is 1. The van der Waals surface area contributed by atoms with Gasteiger partial charge >= 0.3 is 6.18 Å². The Morgan fingerprint density at radius 2 is 1.44 bits per heavy atom. The molecular weight excluding hydrogens is 245 g/mol. The molecule has 1 atom stereocenters. The van der Waals surface area contributed by atoms with Crippen molar-refractivity contribution in [3.8, 4) is 0 Å². The first kappa shape index (κ1) is 17.2. The Kier molecular flexibility index (Phi) is 5.65. The van der Waals surface area contributed by atoms with Gasteiger partial charge in [-0.1, -0.05) is 27.7 Å². The van der Waals surface area contributed by atoms with Crippen molar-refractivity contribution in [3.05, 3.63) is 0 Å². The second-order valence-electron chi connectivity index (χ2n) is 5.70. The molecule has 0 aliphatic heterocycles. The third kappa shape index (κ3) is 4.48. The smallest absolute Gasteiger partial charge is 0.340 e. The molecule has 0 rings (SSSR count). The zero-order valence-electron chi connectivity index (χ0n) is 11.6. The van der Waals surface area contributed by atoms with Gasteiger partial charge in [0.2, 0.25) is 0 Å². The van der Waals surface area contributed by atoms with Crippen molar-refractivity contribution in [2.75, 3.05) is 13.1 Å². The first-order chi connectivity index (χ1) is 7.89. The summed E-state index contributed by atoms with van der Waals surface area (Å²) in [6.45, 7) is 8.68. The Bertz CT molecular complexity index is 276. The van der Waals surface area contributed by atoms with Crippen LogP contribution in [0.5, 0.6) is 0 Å². The Morgan fingerprint density at radius 3 is 1.67 bits per heavy atom. The summed E-state index contributed by atoms with van der Waals surface area (Å²) in [5.74, 6) is -0.870. The van der Waals surface area contributed by atoms with Gasteiger partial charge in [-0.15, -0.1) is 0 Å². The molecule has 6 heteroatoms. The zero-order valence-corrected chi connectivity index (χ0v) is 11.6. The topological polar surface area (TPSA) is 46.3 Å². The molecule has 0 bridgehead atoms. The molecule has 0 aliphatic carbocycles. The summed E-state index contributed by atoms with van der Waals surface area (Å²) in [5.41, 5.74) is 2.35. The summed E-state index contributed by atoms with van der Waals surface area (Å²) in [5, 5.41) is 0. The van der Waals surface area contributed by atoms with E-state index in [9.17, 15) is 18.0 Å². The molecule has 0 spiro atoms. The number of nitrogens with zero attached hydrogens (tertiary/aromatic N) is 1. The van der Waals surface area contributed by atoms with Gasteiger partial charge in [0, 0.05) is 13.1 Å². The highest BCUT2D eigenvalue weighted by Gasteiger charge is 2.55. The van der Waals surface area contributed by atoms with Crippen molar-refractivity contribution in [2.45, 2.75) is 46.3 Å². The number of rotatable bonds is 5. The van der Waals surface area contributed by atoms with Crippen LogP contribution in [0.15, 0.2) is 0 Å². The van der Waals surface area contributed by atoms with Crippen molar-refractivity contribution in [2.24, 2.45) is 17.6 Å². The minimum Gasteiger partial charge on any atom is -0.340 e. The first-order valence-electron chi connectivity index (χ1n) is 6.04. The molecule has 18 heavy (non-hydrogen) atoms. The average molecular weight is 268 g/mol. The van der Waals surface area contributed by atoms with Crippen LogP contribution in [0.1, 0.15) is 34.6 Å². The van der Waals surface area contributed by atoms with E-state index in [4.69, 9.17) is 5.73 Å². The van der Waals surface area contributed by atoms with Gasteiger partial charge in [-0.3, -0.25) is 4.79 Å². The summed E-state index contributed by atoms with van der Waals surface area (Å²) >= 11 is 0. The fourth-order valence-electron chi connectivity index (χ4n) is 1.57. The summed E-state index contributed by atoms with van der Waals surface area (Å²) in [6, 6.07) is 0. The zero-order chi connectivity index (χ0) is 14.7. The molecule has 1 unspecified atom stereocenters. The van der Waals surface area contributed by atoms with Gasteiger partial charge in [0.05, 0.1) is 0 Å². The van der Waals surface area contributed by atoms with Crippen molar-refractivity contribution >= 4 is 5.91 Å². The van der Waals surface area contributed by atoms with Crippen LogP contribution in [0.25, 0.3) is 0 Å². The molecular formula is C12H23F3N2O. The standard InChI is InChI=1S/C12H23F3N2O/c1-8(2)6-17(7-9(3)4)10(18)11(5,16)12(13,14)15/h8-9H,6-7,16H2,1-5H3. The SMILES string of the molecule is CC(C)CN(CC(C)C)C(=O)C(C)(N)C(F)(F)F. The molecule has 3 nitrogen and oxygen atoms in total. The maximum absolute atomic E-state index is 12.7. The Hall–Kier alpha value is -0.780. The molecule has 108 valence electrons. The van der Waals surface area contributed by atoms with Crippen LogP contribution in [0.2, 0.25) is 0 Å². The average Bonchev–Trinajstić information content (AvgIpc) is 2.12. The molecule has 0 heterocycles. The van der Waals surface area contributed by atoms with Crippen molar-refractivity contribution in [1.82, 2.24) is 4.90 Å². The second-order valence-corrected chi connectivity index (χ2v) is 5.70. The number of hydrogen-bond acceptors (Lipinski definition) is 2. The lowest BCUT2D eigenvalue weighted by atomic mass is 9.99. The fraction of sp³-hybridized carbons (Fsp3) is 0.917. The van der Waals surface area contributed by atoms with Crippen molar-refractivity contribution in [1.29, 1.82) is 0 Å². The lowest BCUT2D eigenvalue weighted by Crippen LogP contribution is -2.62. The molecule has 0 fully saturated rings. The lowest BCUT2D eigenvalue weighted by Gasteiger charge is -2.34. The lowest BCUT2D eigenvalue weighted by molar-refractivity contribution is -0.194. The maximum atomic E-state index is 12.7. The number of carbonyl (C=O) groups is 1. The summed E-state index contributed by atoms with van der Waals surface area (Å²) in [6.07, 6.45) is -4.74. The van der Waals surface area contributed by atoms with E-state index in [1.165, 1.54) is 4.90 Å². The van der Waals surface area contributed by atoms with E-state index in [1.807, 2.05) is 27.7 Å². The molecule has 0 radical (unpaired) electrons. The minimum absolute atomic E-state index is 0.0942. The Balaban J connectivity index is 5.06. The van der Waals surface area contributed by atoms with Crippen LogP contribution < -0.4 is 5.73 Å². The monoisotopic (exact) mass is 268 g/mol. The van der Waals surface area contributed by atoms with Crippen LogP contribution in [0.3, 0.4) is 0 Å². The largest absolute Gasteiger partial charge is 0.415 e. The number of alkyl halides is 3. The van der Waals surface area contributed by atoms with Crippen LogP contribution in [0, 0.1) is 11.8 Å². The number of amides is 1. The molecule has 0 saturated carbocycles. The molecule has 2 N–H and O–H groups in total. The third-order valence-electron chi connectivity index (χ3n) is 2.49. The number of halogens is 3. The van der Waals surface area contributed by atoms with Crippen LogP contribution in [-0.4, -0.2) is 35.6 Å². The summed E-state index contributed by atoms with van der Waals surface area (Å²) in [4.78, 5) is 13.2. The van der Waals surface area contributed by atoms with E-state index in [1.54, 1.807) is 0 Å². The third-order valence-corrected chi connectivity index (χ3v) is 2.49. The van der Waals surface area contributed by atoms with Crippen LogP contribution in [-0.2, 0) is 4.79 Å². The molecule has 1 amide bonds. The summed E-state index contributed by atoms with van der Waals surface area (Å²) in [7, 11) is 0. The Morgan fingerprint density at radius 1 is 1.11 bits per heavy atom. The quantitative estimate of drug-likeness (QED) is 0.832. The van der Waals surface area contributed by atoms with Crippen LogP contribution >= 0.6 is 0 Å². The molecule has 0 aromatic rings. The number of hydrogen-bond donors (Lipinski definition) is 1. The van der Waals surface area contributed by atoms with E-state index >= 15 is 0 Å². The van der Waals surface area contributed by atoms with Gasteiger partial charge in [-0.2, -0.15) is 13.2 Å². The highest BCUT2D eigenvalue weighted by Crippen LogP contribution is 2.30. The van der Waals surface area contributed by atoms with Gasteiger partial charge in [0.25, 0.3) is 5.91 Å². The summed E-state index contributed by atoms with van der Waals surface area (Å²) < 4.78 is 38.2. The van der Waals surface area contributed by atoms with Crippen molar-refractivity contribution < 1.29 is 18.0 Å². The highest BCUT2D eigenvalue weighted by atomic mass is 19.4. The molecule has 0 saturated heterocycles. The fourth-order valence-corrected chi connectivity index (χ4v) is 1.57. The van der Waals surface area contributed by atoms with E-state index in [-0.39, 0.29) is 24.9 Å². The predicted octanol–water partition coefficient (Wildman–Crippen LogP) is 2.41. The van der Waals surface area contributed by atoms with Gasteiger partial charge < -0.3 is 10.6 Å². The van der Waals surface area contributed by atoms with Gasteiger partial charge in [0.15, 0.2) is 5.54 Å². The Labute approximate surface area is 107 Å². The van der Waals surface area contributed by atoms with Crippen LogP contribution in [0.4, 0.5) is 13.2 Å². The van der Waals surface area contributed by atoms with Gasteiger partial charge in [0.1, 0.15) is 0 Å². The van der Waals surface area contributed by atoms with E-state index in [0.717, 1.165) is 6.92 Å². The first-order valence-corrected chi connectivity index (χ1v) is 6.04. The maximum Gasteiger partial charge on any atom is 0.415 e. The van der Waals surface area contributed by atoms with E-state index in [2.05, 4.69) is 0 Å². The van der Waals surface area contributed by atoms with E-state index in [0.29, 0.717) is 0 Å². The molecule has 0 aromatic heterocycles. The minimum atomic E-state index is -4.74. The van der Waals surface area contributed by atoms with Gasteiger partial charge in [-0.05, 0) is 18.8 Å². The van der Waals surface area contributed by atoms with Gasteiger partial charge in [-0.25, -0.2) is 0 Å². The normalized spacial score (nSPS) is 15.9. The highest BCUT2D eigenvalue weighted by molar-refractivity contribution is 5.86. The molecule has 0 aliphatic rings. The number of carbonyl (C=O) groups excluding carboxylic acids is 1. The predicted molar refractivity (Wildman–Crippen MR) is 64.9 cm³/mol. The van der Waals surface area contributed by atoms with Crippen molar-refractivity contribution in [3.63, 3.8) is 0 Å². The second kappa shape index (κ2) is 5.91. The molecule has 0 aromatic carbocycles. The van der Waals surface area contributed by atoms with E-state index < -0.39 is 17.6 Å².